The molecule has 3 rings (SSSR count). The van der Waals surface area contributed by atoms with Crippen LogP contribution in [-0.4, -0.2) is 37.8 Å². The molecule has 1 aliphatic heterocycles. The molecule has 1 unspecified atom stereocenters. The zero-order chi connectivity index (χ0) is 18.6. The molecular weight excluding hydrogens is 355 g/mol. The third kappa shape index (κ3) is 4.82. The van der Waals surface area contributed by atoms with Crippen molar-refractivity contribution in [3.63, 3.8) is 0 Å². The fourth-order valence-electron chi connectivity index (χ4n) is 3.96. The third-order valence-electron chi connectivity index (χ3n) is 5.42. The first-order chi connectivity index (χ1) is 12.4. The van der Waals surface area contributed by atoms with E-state index in [1.165, 1.54) is 35.3 Å². The summed E-state index contributed by atoms with van der Waals surface area (Å²) >= 11 is 0. The largest absolute Gasteiger partial charge is 0.353 e. The fourth-order valence-corrected chi connectivity index (χ4v) is 5.55. The topological polar surface area (TPSA) is 66.5 Å². The number of halogens is 1. The molecule has 1 amide bonds. The Kier molecular flexibility index (Phi) is 6.29. The molecule has 1 atom stereocenters. The summed E-state index contributed by atoms with van der Waals surface area (Å²) in [5, 5.41) is 3.08. The lowest BCUT2D eigenvalue weighted by atomic mass is 9.94. The second-order valence-electron chi connectivity index (χ2n) is 7.42. The summed E-state index contributed by atoms with van der Waals surface area (Å²) in [4.78, 5) is 12.1. The van der Waals surface area contributed by atoms with Crippen molar-refractivity contribution in [1.29, 1.82) is 0 Å². The van der Waals surface area contributed by atoms with Crippen molar-refractivity contribution in [2.45, 2.75) is 62.3 Å². The van der Waals surface area contributed by atoms with Gasteiger partial charge in [-0.2, -0.15) is 4.31 Å². The van der Waals surface area contributed by atoms with Gasteiger partial charge in [0.2, 0.25) is 15.9 Å². The maximum Gasteiger partial charge on any atom is 0.243 e. The van der Waals surface area contributed by atoms with Crippen LogP contribution in [-0.2, 0) is 14.8 Å². The predicted molar refractivity (Wildman–Crippen MR) is 97.5 cm³/mol. The molecule has 1 heterocycles. The summed E-state index contributed by atoms with van der Waals surface area (Å²) in [6.45, 7) is 0.846. The van der Waals surface area contributed by atoms with Gasteiger partial charge in [0.15, 0.2) is 0 Å². The number of carbonyl (C=O) groups is 1. The lowest BCUT2D eigenvalue weighted by molar-refractivity contribution is -0.122. The van der Waals surface area contributed by atoms with Crippen LogP contribution in [0.15, 0.2) is 29.2 Å². The second kappa shape index (κ2) is 8.48. The monoisotopic (exact) mass is 382 g/mol. The lowest BCUT2D eigenvalue weighted by Gasteiger charge is -2.32. The number of nitrogens with one attached hydrogen (secondary N) is 1. The highest BCUT2D eigenvalue weighted by atomic mass is 32.2. The molecule has 2 fully saturated rings. The van der Waals surface area contributed by atoms with Gasteiger partial charge in [0.1, 0.15) is 5.82 Å². The van der Waals surface area contributed by atoms with Crippen LogP contribution in [0.4, 0.5) is 4.39 Å². The van der Waals surface area contributed by atoms with Crippen LogP contribution in [0.3, 0.4) is 0 Å². The molecule has 0 radical (unpaired) electrons. The molecule has 26 heavy (non-hydrogen) atoms. The van der Waals surface area contributed by atoms with Crippen LogP contribution in [0.5, 0.6) is 0 Å². The van der Waals surface area contributed by atoms with Crippen LogP contribution in [0, 0.1) is 11.7 Å². The second-order valence-corrected chi connectivity index (χ2v) is 9.35. The molecule has 1 aromatic rings. The molecule has 0 bridgehead atoms. The van der Waals surface area contributed by atoms with E-state index >= 15 is 0 Å². The van der Waals surface area contributed by atoms with E-state index in [0.29, 0.717) is 32.0 Å². The first-order valence-electron chi connectivity index (χ1n) is 9.50. The number of benzene rings is 1. The van der Waals surface area contributed by atoms with Crippen molar-refractivity contribution in [3.05, 3.63) is 30.1 Å². The minimum atomic E-state index is -3.68. The molecule has 7 heteroatoms. The van der Waals surface area contributed by atoms with Gasteiger partial charge in [-0.1, -0.05) is 18.9 Å². The number of nitrogens with zero attached hydrogens (tertiary/aromatic N) is 1. The Hall–Kier alpha value is -1.47. The van der Waals surface area contributed by atoms with E-state index in [9.17, 15) is 17.6 Å². The number of carbonyl (C=O) groups excluding carboxylic acids is 1. The van der Waals surface area contributed by atoms with E-state index in [2.05, 4.69) is 5.32 Å². The summed E-state index contributed by atoms with van der Waals surface area (Å²) in [6, 6.07) is 5.46. The van der Waals surface area contributed by atoms with Crippen molar-refractivity contribution in [2.75, 3.05) is 13.1 Å². The van der Waals surface area contributed by atoms with E-state index in [1.807, 2.05) is 0 Å². The van der Waals surface area contributed by atoms with Crippen LogP contribution in [0.2, 0.25) is 0 Å². The zero-order valence-corrected chi connectivity index (χ0v) is 15.8. The summed E-state index contributed by atoms with van der Waals surface area (Å²) in [7, 11) is -3.68. The molecule has 1 saturated heterocycles. The average molecular weight is 383 g/mol. The van der Waals surface area contributed by atoms with Gasteiger partial charge in [-0.15, -0.1) is 0 Å². The van der Waals surface area contributed by atoms with E-state index in [4.69, 9.17) is 0 Å². The van der Waals surface area contributed by atoms with Crippen molar-refractivity contribution >= 4 is 15.9 Å². The number of rotatable bonds is 6. The maximum atomic E-state index is 13.4. The number of piperidine rings is 1. The molecular formula is C19H27FN2O3S. The van der Waals surface area contributed by atoms with Gasteiger partial charge in [-0.3, -0.25) is 4.79 Å². The van der Waals surface area contributed by atoms with E-state index < -0.39 is 15.8 Å². The molecule has 2 aliphatic rings. The standard InChI is InChI=1S/C19H27FN2O3S/c20-16-6-3-9-18(13-16)26(24,25)22-12-4-5-15(14-22)10-11-19(23)21-17-7-1-2-8-17/h3,6,9,13,15,17H,1-2,4-5,7-8,10-12,14H2,(H,21,23). The van der Waals surface area contributed by atoms with E-state index in [0.717, 1.165) is 31.7 Å². The Morgan fingerprint density at radius 3 is 2.69 bits per heavy atom. The van der Waals surface area contributed by atoms with Crippen molar-refractivity contribution in [3.8, 4) is 0 Å². The molecule has 5 nitrogen and oxygen atoms in total. The van der Waals surface area contributed by atoms with E-state index in [1.54, 1.807) is 0 Å². The Balaban J connectivity index is 1.54. The third-order valence-corrected chi connectivity index (χ3v) is 7.28. The van der Waals surface area contributed by atoms with Gasteiger partial charge in [0.25, 0.3) is 0 Å². The van der Waals surface area contributed by atoms with Gasteiger partial charge in [-0.25, -0.2) is 12.8 Å². The zero-order valence-electron chi connectivity index (χ0n) is 15.0. The van der Waals surface area contributed by atoms with Crippen LogP contribution >= 0.6 is 0 Å². The summed E-state index contributed by atoms with van der Waals surface area (Å²) < 4.78 is 40.3. The van der Waals surface area contributed by atoms with Crippen molar-refractivity contribution in [1.82, 2.24) is 9.62 Å². The van der Waals surface area contributed by atoms with Crippen LogP contribution < -0.4 is 5.32 Å². The van der Waals surface area contributed by atoms with Crippen LogP contribution in [0.1, 0.15) is 51.4 Å². The number of sulfonamides is 1. The summed E-state index contributed by atoms with van der Waals surface area (Å²) in [5.41, 5.74) is 0. The Morgan fingerprint density at radius 1 is 1.19 bits per heavy atom. The molecule has 1 aliphatic carbocycles. The summed E-state index contributed by atoms with van der Waals surface area (Å²) in [5.74, 6) is -0.313. The smallest absolute Gasteiger partial charge is 0.243 e. The molecule has 0 spiro atoms. The average Bonchev–Trinajstić information content (AvgIpc) is 3.13. The number of amides is 1. The van der Waals surface area contributed by atoms with Gasteiger partial charge in [0, 0.05) is 25.6 Å². The van der Waals surface area contributed by atoms with Gasteiger partial charge < -0.3 is 5.32 Å². The minimum Gasteiger partial charge on any atom is -0.353 e. The predicted octanol–water partition coefficient (Wildman–Crippen LogP) is 3.07. The SMILES string of the molecule is O=C(CCC1CCCN(S(=O)(=O)c2cccc(F)c2)C1)NC1CCCC1. The van der Waals surface area contributed by atoms with Crippen molar-refractivity contribution in [2.24, 2.45) is 5.92 Å². The normalized spacial score (nSPS) is 22.4. The first kappa shape index (κ1) is 19.3. The highest BCUT2D eigenvalue weighted by molar-refractivity contribution is 7.89. The molecule has 144 valence electrons. The number of hydrogen-bond acceptors (Lipinski definition) is 3. The maximum absolute atomic E-state index is 13.4. The summed E-state index contributed by atoms with van der Waals surface area (Å²) in [6.07, 6.45) is 7.31. The Labute approximate surface area is 155 Å². The first-order valence-corrected chi connectivity index (χ1v) is 10.9. The lowest BCUT2D eigenvalue weighted by Crippen LogP contribution is -2.40. The van der Waals surface area contributed by atoms with Gasteiger partial charge in [0.05, 0.1) is 4.90 Å². The highest BCUT2D eigenvalue weighted by Crippen LogP contribution is 2.26. The molecule has 1 saturated carbocycles. The van der Waals surface area contributed by atoms with Crippen molar-refractivity contribution < 1.29 is 17.6 Å². The number of hydrogen-bond donors (Lipinski definition) is 1. The molecule has 1 aromatic carbocycles. The molecule has 0 aromatic heterocycles. The van der Waals surface area contributed by atoms with Crippen LogP contribution in [0.25, 0.3) is 0 Å². The quantitative estimate of drug-likeness (QED) is 0.822. The molecule has 1 N–H and O–H groups in total. The Bertz CT molecular complexity index is 732. The highest BCUT2D eigenvalue weighted by Gasteiger charge is 2.30. The van der Waals surface area contributed by atoms with Gasteiger partial charge >= 0.3 is 0 Å². The van der Waals surface area contributed by atoms with Gasteiger partial charge in [-0.05, 0) is 56.2 Å². The minimum absolute atomic E-state index is 0.00266. The fraction of sp³-hybridized carbons (Fsp3) is 0.632. The van der Waals surface area contributed by atoms with E-state index in [-0.39, 0.29) is 16.7 Å². The Morgan fingerprint density at radius 2 is 1.96 bits per heavy atom.